The minimum absolute atomic E-state index is 0.0381. The molecule has 0 atom stereocenters. The van der Waals surface area contributed by atoms with Crippen molar-refractivity contribution in [3.63, 3.8) is 0 Å². The lowest BCUT2D eigenvalue weighted by atomic mass is 10.3. The molecule has 0 aliphatic carbocycles. The molecule has 12 heteroatoms. The molecule has 0 radical (unpaired) electrons. The molecule has 0 aromatic carbocycles. The summed E-state index contributed by atoms with van der Waals surface area (Å²) in [5, 5.41) is 9.45. The van der Waals surface area contributed by atoms with Crippen molar-refractivity contribution in [3.05, 3.63) is 0 Å². The van der Waals surface area contributed by atoms with Crippen molar-refractivity contribution in [2.45, 2.75) is 78.6 Å². The molecular weight excluding hydrogens is 482 g/mol. The Morgan fingerprint density at radius 3 is 1.19 bits per heavy atom. The molecule has 0 aromatic rings. The number of amides is 3. The molecule has 0 spiro atoms. The van der Waals surface area contributed by atoms with Gasteiger partial charge in [-0.1, -0.05) is 40.0 Å². The Morgan fingerprint density at radius 2 is 0.892 bits per heavy atom. The molecule has 0 bridgehead atoms. The van der Waals surface area contributed by atoms with E-state index < -0.39 is 0 Å². The summed E-state index contributed by atoms with van der Waals surface area (Å²) in [5.74, 6) is -0.656. The molecule has 0 aliphatic rings. The van der Waals surface area contributed by atoms with Gasteiger partial charge in [0.05, 0.1) is 26.4 Å². The molecule has 218 valence electrons. The molecule has 3 amide bonds. The van der Waals surface area contributed by atoms with E-state index in [1.54, 1.807) is 0 Å². The quantitative estimate of drug-likeness (QED) is 0.0956. The van der Waals surface area contributed by atoms with E-state index in [-0.39, 0.29) is 43.6 Å². The summed E-state index contributed by atoms with van der Waals surface area (Å²) < 4.78 is 0. The largest absolute Gasteiger partial charge is 0.395 e. The topological polar surface area (TPSA) is 142 Å². The summed E-state index contributed by atoms with van der Waals surface area (Å²) in [6.45, 7) is 10.4. The third-order valence-electron chi connectivity index (χ3n) is 5.47. The van der Waals surface area contributed by atoms with Gasteiger partial charge >= 0.3 is 0 Å². The molecule has 12 nitrogen and oxygen atoms in total. The summed E-state index contributed by atoms with van der Waals surface area (Å²) in [6, 6.07) is 0. The van der Waals surface area contributed by atoms with Crippen LogP contribution in [-0.2, 0) is 28.9 Å². The van der Waals surface area contributed by atoms with Crippen molar-refractivity contribution in [2.24, 2.45) is 0 Å². The molecule has 4 N–H and O–H groups in total. The summed E-state index contributed by atoms with van der Waals surface area (Å²) in [4.78, 5) is 55.8. The van der Waals surface area contributed by atoms with E-state index in [0.717, 1.165) is 38.5 Å². The molecule has 0 unspecified atom stereocenters. The Bertz CT molecular complexity index is 556. The molecule has 0 saturated heterocycles. The minimum Gasteiger partial charge on any atom is -0.395 e. The van der Waals surface area contributed by atoms with Crippen molar-refractivity contribution in [2.75, 3.05) is 65.7 Å². The standard InChI is InChI=1S/C25H51N5O7/c1-4-7-20-35-26-23(32)10-13-29(14-11-24(33)27-36-21-8-5-2)16-17-30(18-19-31)15-12-25(34)28-37-22-9-6-3/h31H,4-22H2,1-3H3,(H,26,32)(H,27,33)(H,28,34). The highest BCUT2D eigenvalue weighted by molar-refractivity contribution is 5.75. The average Bonchev–Trinajstić information content (AvgIpc) is 2.89. The van der Waals surface area contributed by atoms with Crippen LogP contribution in [-0.4, -0.2) is 98.3 Å². The van der Waals surface area contributed by atoms with Gasteiger partial charge in [0.1, 0.15) is 0 Å². The third-order valence-corrected chi connectivity index (χ3v) is 5.47. The molecule has 0 aliphatic heterocycles. The van der Waals surface area contributed by atoms with Crippen LogP contribution in [0.5, 0.6) is 0 Å². The van der Waals surface area contributed by atoms with Crippen molar-refractivity contribution in [1.29, 1.82) is 0 Å². The lowest BCUT2D eigenvalue weighted by molar-refractivity contribution is -0.135. The second-order valence-corrected chi connectivity index (χ2v) is 8.84. The number of carbonyl (C=O) groups is 3. The zero-order valence-corrected chi connectivity index (χ0v) is 23.2. The molecule has 0 rings (SSSR count). The number of nitrogens with one attached hydrogen (secondary N) is 3. The number of hydrogen-bond donors (Lipinski definition) is 4. The van der Waals surface area contributed by atoms with E-state index in [1.165, 1.54) is 0 Å². The number of unbranched alkanes of at least 4 members (excludes halogenated alkanes) is 3. The van der Waals surface area contributed by atoms with Crippen molar-refractivity contribution in [3.8, 4) is 0 Å². The van der Waals surface area contributed by atoms with Crippen LogP contribution >= 0.6 is 0 Å². The van der Waals surface area contributed by atoms with E-state index in [2.05, 4.69) is 16.4 Å². The maximum Gasteiger partial charge on any atom is 0.244 e. The van der Waals surface area contributed by atoms with Gasteiger partial charge in [0.2, 0.25) is 17.7 Å². The highest BCUT2D eigenvalue weighted by Crippen LogP contribution is 2.00. The maximum absolute atomic E-state index is 12.1. The van der Waals surface area contributed by atoms with Gasteiger partial charge in [-0.3, -0.25) is 33.8 Å². The van der Waals surface area contributed by atoms with Crippen LogP contribution in [0.15, 0.2) is 0 Å². The zero-order valence-electron chi connectivity index (χ0n) is 23.2. The van der Waals surface area contributed by atoms with Crippen LogP contribution in [0.4, 0.5) is 0 Å². The van der Waals surface area contributed by atoms with Gasteiger partial charge in [-0.15, -0.1) is 0 Å². The highest BCUT2D eigenvalue weighted by atomic mass is 16.7. The molecule has 0 fully saturated rings. The fourth-order valence-electron chi connectivity index (χ4n) is 3.07. The lowest BCUT2D eigenvalue weighted by Crippen LogP contribution is -2.41. The van der Waals surface area contributed by atoms with Crippen LogP contribution in [0, 0.1) is 0 Å². The van der Waals surface area contributed by atoms with Crippen LogP contribution in [0.25, 0.3) is 0 Å². The predicted octanol–water partition coefficient (Wildman–Crippen LogP) is 1.30. The monoisotopic (exact) mass is 533 g/mol. The summed E-state index contributed by atoms with van der Waals surface area (Å²) in [5.41, 5.74) is 7.35. The maximum atomic E-state index is 12.1. The predicted molar refractivity (Wildman–Crippen MR) is 141 cm³/mol. The first-order valence-corrected chi connectivity index (χ1v) is 13.7. The van der Waals surface area contributed by atoms with E-state index in [9.17, 15) is 19.5 Å². The number of hydrogen-bond acceptors (Lipinski definition) is 9. The average molecular weight is 534 g/mol. The molecule has 37 heavy (non-hydrogen) atoms. The second-order valence-electron chi connectivity index (χ2n) is 8.84. The molecule has 0 saturated carbocycles. The van der Waals surface area contributed by atoms with E-state index in [1.807, 2.05) is 30.6 Å². The first kappa shape index (κ1) is 35.2. The fourth-order valence-corrected chi connectivity index (χ4v) is 3.07. The lowest BCUT2D eigenvalue weighted by Gasteiger charge is -2.27. The van der Waals surface area contributed by atoms with Gasteiger partial charge in [-0.2, -0.15) is 0 Å². The summed E-state index contributed by atoms with van der Waals surface area (Å²) in [6.07, 6.45) is 6.22. The van der Waals surface area contributed by atoms with E-state index in [4.69, 9.17) is 14.5 Å². The minimum atomic E-state index is -0.222. The van der Waals surface area contributed by atoms with Crippen LogP contribution in [0.2, 0.25) is 0 Å². The van der Waals surface area contributed by atoms with Crippen molar-refractivity contribution >= 4 is 17.7 Å². The number of aliphatic hydroxyl groups excluding tert-OH is 1. The van der Waals surface area contributed by atoms with Gasteiger partial charge in [-0.25, -0.2) is 16.4 Å². The van der Waals surface area contributed by atoms with Crippen LogP contribution in [0.1, 0.15) is 78.6 Å². The third kappa shape index (κ3) is 23.0. The van der Waals surface area contributed by atoms with Crippen LogP contribution < -0.4 is 16.4 Å². The smallest absolute Gasteiger partial charge is 0.244 e. The fraction of sp³-hybridized carbons (Fsp3) is 0.880. The Kier molecular flexibility index (Phi) is 24.5. The Balaban J connectivity index is 4.68. The summed E-state index contributed by atoms with van der Waals surface area (Å²) in [7, 11) is 0. The number of hydroxylamine groups is 3. The Labute approximate surface area is 222 Å². The Morgan fingerprint density at radius 1 is 0.568 bits per heavy atom. The van der Waals surface area contributed by atoms with Crippen LogP contribution in [0.3, 0.4) is 0 Å². The summed E-state index contributed by atoms with van der Waals surface area (Å²) >= 11 is 0. The number of rotatable bonds is 26. The first-order valence-electron chi connectivity index (χ1n) is 13.7. The van der Waals surface area contributed by atoms with E-state index >= 15 is 0 Å². The molecular formula is C25H51N5O7. The first-order chi connectivity index (χ1) is 18.0. The van der Waals surface area contributed by atoms with Crippen molar-refractivity contribution < 1.29 is 34.0 Å². The van der Waals surface area contributed by atoms with Gasteiger partial charge in [0.25, 0.3) is 0 Å². The highest BCUT2D eigenvalue weighted by Gasteiger charge is 2.14. The van der Waals surface area contributed by atoms with Gasteiger partial charge in [0, 0.05) is 58.5 Å². The normalized spacial score (nSPS) is 11.2. The Hall–Kier alpha value is -1.83. The molecule has 0 heterocycles. The van der Waals surface area contributed by atoms with E-state index in [0.29, 0.717) is 59.1 Å². The van der Waals surface area contributed by atoms with Crippen molar-refractivity contribution in [1.82, 2.24) is 26.2 Å². The SMILES string of the molecule is CCCCONC(=O)CCN(CCO)CCN(CCC(=O)NOCCCC)CCC(=O)NOCCCC. The number of carbonyl (C=O) groups excluding carboxylic acids is 3. The second kappa shape index (κ2) is 25.8. The van der Waals surface area contributed by atoms with Gasteiger partial charge < -0.3 is 10.0 Å². The zero-order chi connectivity index (χ0) is 27.6. The molecule has 0 aromatic heterocycles. The number of nitrogens with zero attached hydrogens (tertiary/aromatic N) is 2. The number of aliphatic hydroxyl groups is 1. The van der Waals surface area contributed by atoms with Gasteiger partial charge in [-0.05, 0) is 19.3 Å². The van der Waals surface area contributed by atoms with Gasteiger partial charge in [0.15, 0.2) is 0 Å².